The zero-order valence-corrected chi connectivity index (χ0v) is 11.5. The summed E-state index contributed by atoms with van der Waals surface area (Å²) in [5.74, 6) is 0. The monoisotopic (exact) mass is 270 g/mol. The first-order valence-electron chi connectivity index (χ1n) is 5.17. The summed E-state index contributed by atoms with van der Waals surface area (Å²) < 4.78 is 27.7. The largest absolute Gasteiger partial charge is 0.268 e. The molecule has 0 saturated carbocycles. The lowest BCUT2D eigenvalue weighted by Crippen LogP contribution is -2.40. The smallest absolute Gasteiger partial charge is 0.224 e. The fourth-order valence-corrected chi connectivity index (χ4v) is 4.05. The predicted molar refractivity (Wildman–Crippen MR) is 69.7 cm³/mol. The molecule has 1 aromatic heterocycles. The summed E-state index contributed by atoms with van der Waals surface area (Å²) >= 11 is 1.18. The lowest BCUT2D eigenvalue weighted by molar-refractivity contribution is 0.491. The van der Waals surface area contributed by atoms with Gasteiger partial charge in [-0.3, -0.25) is 0 Å². The molecule has 0 bridgehead atoms. The van der Waals surface area contributed by atoms with Gasteiger partial charge in [0.2, 0.25) is 4.34 Å². The van der Waals surface area contributed by atoms with E-state index in [1.54, 1.807) is 20.8 Å². The number of thiazole rings is 1. The van der Waals surface area contributed by atoms with E-state index < -0.39 is 15.6 Å². The Balaban J connectivity index is 2.46. The Hall–Kier alpha value is -0.980. The Morgan fingerprint density at radius 2 is 1.88 bits per heavy atom. The maximum absolute atomic E-state index is 12.1. The summed E-state index contributed by atoms with van der Waals surface area (Å²) in [6.07, 6.45) is 0. The molecule has 1 heterocycles. The number of benzene rings is 1. The first-order chi connectivity index (χ1) is 7.78. The zero-order valence-electron chi connectivity index (χ0n) is 9.89. The van der Waals surface area contributed by atoms with Crippen LogP contribution in [-0.4, -0.2) is 18.9 Å². The number of nitrogens with zero attached hydrogens (tertiary/aromatic N) is 1. The number of hydrogen-bond donors (Lipinski definition) is 1. The molecule has 1 N–H and O–H groups in total. The van der Waals surface area contributed by atoms with Crippen molar-refractivity contribution < 1.29 is 8.42 Å². The summed E-state index contributed by atoms with van der Waals surface area (Å²) in [4.78, 5) is 4.14. The van der Waals surface area contributed by atoms with Crippen molar-refractivity contribution in [2.75, 3.05) is 0 Å². The third-order valence-corrected chi connectivity index (χ3v) is 5.12. The molecule has 1 aromatic carbocycles. The molecule has 6 heteroatoms. The third kappa shape index (κ3) is 2.83. The van der Waals surface area contributed by atoms with E-state index in [0.29, 0.717) is 5.52 Å². The van der Waals surface area contributed by atoms with Crippen molar-refractivity contribution >= 4 is 31.6 Å². The van der Waals surface area contributed by atoms with Gasteiger partial charge in [0.25, 0.3) is 10.0 Å². The molecule has 0 spiro atoms. The van der Waals surface area contributed by atoms with Gasteiger partial charge < -0.3 is 0 Å². The van der Waals surface area contributed by atoms with Crippen LogP contribution in [-0.2, 0) is 10.0 Å². The quantitative estimate of drug-likeness (QED) is 0.911. The second-order valence-electron chi connectivity index (χ2n) is 4.80. The maximum Gasteiger partial charge on any atom is 0.268 e. The number of aromatic nitrogens is 1. The van der Waals surface area contributed by atoms with Crippen molar-refractivity contribution in [3.8, 4) is 0 Å². The molecule has 17 heavy (non-hydrogen) atoms. The van der Waals surface area contributed by atoms with Crippen LogP contribution in [0.2, 0.25) is 0 Å². The van der Waals surface area contributed by atoms with Gasteiger partial charge in [-0.25, -0.2) is 18.1 Å². The third-order valence-electron chi connectivity index (χ3n) is 1.94. The topological polar surface area (TPSA) is 59.1 Å². The molecule has 0 amide bonds. The SMILES string of the molecule is CC(C)(C)NS(=O)(=O)c1nc2ccccc2s1. The van der Waals surface area contributed by atoms with Gasteiger partial charge in [-0.2, -0.15) is 0 Å². The van der Waals surface area contributed by atoms with Crippen LogP contribution in [0.3, 0.4) is 0 Å². The molecule has 0 fully saturated rings. The first-order valence-corrected chi connectivity index (χ1v) is 7.47. The Kier molecular flexibility index (Phi) is 2.97. The van der Waals surface area contributed by atoms with E-state index in [1.807, 2.05) is 24.3 Å². The number of para-hydroxylation sites is 1. The Morgan fingerprint density at radius 3 is 2.47 bits per heavy atom. The summed E-state index contributed by atoms with van der Waals surface area (Å²) in [5, 5.41) is 0. The number of nitrogens with one attached hydrogen (secondary N) is 1. The van der Waals surface area contributed by atoms with Gasteiger partial charge >= 0.3 is 0 Å². The second-order valence-corrected chi connectivity index (χ2v) is 7.69. The predicted octanol–water partition coefficient (Wildman–Crippen LogP) is 2.37. The van der Waals surface area contributed by atoms with Gasteiger partial charge in [-0.1, -0.05) is 12.1 Å². The second kappa shape index (κ2) is 4.04. The fraction of sp³-hybridized carbons (Fsp3) is 0.364. The van der Waals surface area contributed by atoms with Crippen LogP contribution in [0, 0.1) is 0 Å². The highest BCUT2D eigenvalue weighted by molar-refractivity contribution is 7.91. The Labute approximate surface area is 105 Å². The molecule has 0 radical (unpaired) electrons. The first kappa shape index (κ1) is 12.5. The average molecular weight is 270 g/mol. The molecule has 2 rings (SSSR count). The summed E-state index contributed by atoms with van der Waals surface area (Å²) in [6, 6.07) is 7.38. The van der Waals surface area contributed by atoms with Gasteiger partial charge in [-0.05, 0) is 32.9 Å². The van der Waals surface area contributed by atoms with Crippen LogP contribution in [0.1, 0.15) is 20.8 Å². The number of fused-ring (bicyclic) bond motifs is 1. The van der Waals surface area contributed by atoms with Crippen LogP contribution in [0.5, 0.6) is 0 Å². The van der Waals surface area contributed by atoms with Crippen LogP contribution in [0.25, 0.3) is 10.2 Å². The minimum atomic E-state index is -3.52. The van der Waals surface area contributed by atoms with E-state index >= 15 is 0 Å². The van der Waals surface area contributed by atoms with E-state index in [0.717, 1.165) is 4.70 Å². The summed E-state index contributed by atoms with van der Waals surface area (Å²) in [6.45, 7) is 5.41. The molecule has 0 saturated heterocycles. The van der Waals surface area contributed by atoms with Crippen LogP contribution in [0.15, 0.2) is 28.6 Å². The summed E-state index contributed by atoms with van der Waals surface area (Å²) in [7, 11) is -3.52. The van der Waals surface area contributed by atoms with Gasteiger partial charge in [0, 0.05) is 5.54 Å². The highest BCUT2D eigenvalue weighted by Crippen LogP contribution is 2.25. The van der Waals surface area contributed by atoms with Crippen molar-refractivity contribution in [3.05, 3.63) is 24.3 Å². The molecule has 0 aliphatic rings. The van der Waals surface area contributed by atoms with Crippen LogP contribution < -0.4 is 4.72 Å². The molecule has 0 aliphatic carbocycles. The fourth-order valence-electron chi connectivity index (χ4n) is 1.41. The highest BCUT2D eigenvalue weighted by Gasteiger charge is 2.25. The van der Waals surface area contributed by atoms with Crippen LogP contribution >= 0.6 is 11.3 Å². The van der Waals surface area contributed by atoms with E-state index in [1.165, 1.54) is 11.3 Å². The zero-order chi connectivity index (χ0) is 12.7. The van der Waals surface area contributed by atoms with Crippen molar-refractivity contribution in [1.29, 1.82) is 0 Å². The van der Waals surface area contributed by atoms with E-state index in [2.05, 4.69) is 9.71 Å². The van der Waals surface area contributed by atoms with Crippen molar-refractivity contribution in [2.24, 2.45) is 0 Å². The highest BCUT2D eigenvalue weighted by atomic mass is 32.2. The number of rotatable bonds is 2. The number of sulfonamides is 1. The molecular weight excluding hydrogens is 256 g/mol. The molecule has 4 nitrogen and oxygen atoms in total. The van der Waals surface area contributed by atoms with Gasteiger partial charge in [0.05, 0.1) is 10.2 Å². The van der Waals surface area contributed by atoms with E-state index in [9.17, 15) is 8.42 Å². The lowest BCUT2D eigenvalue weighted by Gasteiger charge is -2.18. The molecule has 92 valence electrons. The van der Waals surface area contributed by atoms with Gasteiger partial charge in [0.15, 0.2) is 0 Å². The van der Waals surface area contributed by atoms with Crippen molar-refractivity contribution in [3.63, 3.8) is 0 Å². The molecular formula is C11H14N2O2S2. The molecule has 0 aliphatic heterocycles. The van der Waals surface area contributed by atoms with E-state index in [-0.39, 0.29) is 4.34 Å². The molecule has 2 aromatic rings. The van der Waals surface area contributed by atoms with Crippen molar-refractivity contribution in [1.82, 2.24) is 9.71 Å². The molecule has 0 unspecified atom stereocenters. The maximum atomic E-state index is 12.1. The Bertz CT molecular complexity index is 606. The van der Waals surface area contributed by atoms with Crippen LogP contribution in [0.4, 0.5) is 0 Å². The normalized spacial score (nSPS) is 13.1. The summed E-state index contributed by atoms with van der Waals surface area (Å²) in [5.41, 5.74) is 0.211. The minimum Gasteiger partial charge on any atom is -0.224 e. The standard InChI is InChI=1S/C11H14N2O2S2/c1-11(2,3)13-17(14,15)10-12-8-6-4-5-7-9(8)16-10/h4-7,13H,1-3H3. The van der Waals surface area contributed by atoms with Gasteiger partial charge in [0.1, 0.15) is 0 Å². The van der Waals surface area contributed by atoms with E-state index in [4.69, 9.17) is 0 Å². The van der Waals surface area contributed by atoms with Gasteiger partial charge in [-0.15, -0.1) is 11.3 Å². The number of hydrogen-bond acceptors (Lipinski definition) is 4. The molecule has 0 atom stereocenters. The lowest BCUT2D eigenvalue weighted by atomic mass is 10.1. The Morgan fingerprint density at radius 1 is 1.24 bits per heavy atom. The minimum absolute atomic E-state index is 0.119. The average Bonchev–Trinajstić information content (AvgIpc) is 2.57. The van der Waals surface area contributed by atoms with Crippen molar-refractivity contribution in [2.45, 2.75) is 30.6 Å².